The van der Waals surface area contributed by atoms with E-state index in [2.05, 4.69) is 20.6 Å². The molecule has 3 atom stereocenters. The summed E-state index contributed by atoms with van der Waals surface area (Å²) in [4.78, 5) is 31.2. The Morgan fingerprint density at radius 1 is 1.24 bits per heavy atom. The van der Waals surface area contributed by atoms with Gasteiger partial charge in [0.25, 0.3) is 0 Å². The van der Waals surface area contributed by atoms with E-state index >= 15 is 0 Å². The summed E-state index contributed by atoms with van der Waals surface area (Å²) in [7, 11) is 5.01. The summed E-state index contributed by atoms with van der Waals surface area (Å²) in [5.41, 5.74) is 3.79. The monoisotopic (exact) mass is 577 g/mol. The third-order valence-corrected chi connectivity index (χ3v) is 7.79. The highest BCUT2D eigenvalue weighted by atomic mass is 19.1. The molecule has 11 nitrogen and oxygen atoms in total. The molecular weight excluding hydrogens is 541 g/mol. The topological polar surface area (TPSA) is 139 Å². The van der Waals surface area contributed by atoms with Crippen molar-refractivity contribution >= 4 is 39.5 Å². The zero-order valence-corrected chi connectivity index (χ0v) is 24.4. The van der Waals surface area contributed by atoms with Crippen molar-refractivity contribution in [2.75, 3.05) is 20.7 Å². The molecule has 3 unspecified atom stereocenters. The molecule has 1 aliphatic carbocycles. The number of pyridine rings is 1. The Labute approximate surface area is 242 Å². The van der Waals surface area contributed by atoms with Crippen LogP contribution in [-0.2, 0) is 16.6 Å². The molecule has 4 N–H and O–H groups in total. The van der Waals surface area contributed by atoms with E-state index in [9.17, 15) is 14.0 Å². The lowest BCUT2D eigenvalue weighted by Crippen LogP contribution is -2.27. The highest BCUT2D eigenvalue weighted by Crippen LogP contribution is 2.42. The minimum atomic E-state index is -1.08. The predicted molar refractivity (Wildman–Crippen MR) is 161 cm³/mol. The second kappa shape index (κ2) is 11.8. The molecule has 42 heavy (non-hydrogen) atoms. The quantitative estimate of drug-likeness (QED) is 0.271. The van der Waals surface area contributed by atoms with Crippen molar-refractivity contribution in [2.45, 2.75) is 51.4 Å². The molecule has 2 aliphatic heterocycles. The molecule has 7 rings (SSSR count). The van der Waals surface area contributed by atoms with E-state index in [1.807, 2.05) is 35.8 Å². The molecule has 12 heteroatoms. The first kappa shape index (κ1) is 29.1. The van der Waals surface area contributed by atoms with Gasteiger partial charge in [-0.15, -0.1) is 0 Å². The molecule has 0 saturated heterocycles. The summed E-state index contributed by atoms with van der Waals surface area (Å²) in [5.74, 6) is -0.381. The minimum absolute atomic E-state index is 0.00463. The summed E-state index contributed by atoms with van der Waals surface area (Å²) >= 11 is 0. The number of hydrogen-bond donors (Lipinski definition) is 4. The summed E-state index contributed by atoms with van der Waals surface area (Å²) in [6.45, 7) is 3.88. The lowest BCUT2D eigenvalue weighted by Gasteiger charge is -2.19. The van der Waals surface area contributed by atoms with Gasteiger partial charge in [-0.25, -0.2) is 9.78 Å². The molecule has 0 spiro atoms. The minimum Gasteiger partial charge on any atom is -0.491 e. The molecule has 222 valence electrons. The van der Waals surface area contributed by atoms with Crippen LogP contribution in [0.4, 0.5) is 4.39 Å². The Morgan fingerprint density at radius 2 is 1.95 bits per heavy atom. The first-order valence-corrected chi connectivity index (χ1v) is 13.9. The lowest BCUT2D eigenvalue weighted by molar-refractivity contribution is -0.118. The maximum atomic E-state index is 14.6. The number of carbonyl (C=O) groups is 1. The van der Waals surface area contributed by atoms with Crippen LogP contribution < -0.4 is 21.1 Å². The smallest absolute Gasteiger partial charge is 0.329 e. The van der Waals surface area contributed by atoms with E-state index in [-0.39, 0.29) is 35.4 Å². The molecule has 1 fully saturated rings. The first-order chi connectivity index (χ1) is 20.1. The standard InChI is InChI=1S/C27H29FN6O3.C3H7NO/c1-14-13-36-17-7-4-15(5-8-17)21-22-24-20(12-31-26(22)32-23(21)19(11-30-2)25(28)29)33(3)27(35)34(24)16-6-9-18(10-16)37-14;1-3(5)4-2/h4-5,7-8,11-12,14,16,18,29-30H,6,9-10,13H2,1-3H3,(H,31,32);1-2H3,(H,4,5)/b19-11-,29-25?;. The van der Waals surface area contributed by atoms with Crippen molar-refractivity contribution in [1.82, 2.24) is 29.7 Å². The molecule has 1 amide bonds. The zero-order valence-electron chi connectivity index (χ0n) is 24.4. The van der Waals surface area contributed by atoms with E-state index in [4.69, 9.17) is 14.9 Å². The van der Waals surface area contributed by atoms with Crippen LogP contribution >= 0.6 is 0 Å². The number of halogens is 1. The van der Waals surface area contributed by atoms with E-state index in [1.54, 1.807) is 31.9 Å². The molecular formula is C30H36FN7O4. The third-order valence-electron chi connectivity index (χ3n) is 7.79. The number of nitrogens with one attached hydrogen (secondary N) is 4. The van der Waals surface area contributed by atoms with E-state index in [0.717, 1.165) is 29.3 Å². The molecule has 1 aromatic carbocycles. The van der Waals surface area contributed by atoms with Gasteiger partial charge in [-0.1, -0.05) is 12.1 Å². The Kier molecular flexibility index (Phi) is 8.17. The number of imidazole rings is 1. The fourth-order valence-corrected chi connectivity index (χ4v) is 5.77. The average molecular weight is 578 g/mol. The molecule has 3 aromatic heterocycles. The maximum absolute atomic E-state index is 14.6. The van der Waals surface area contributed by atoms with Crippen LogP contribution in [0.2, 0.25) is 0 Å². The number of nitrogens with zero attached hydrogens (tertiary/aromatic N) is 3. The van der Waals surface area contributed by atoms with Crippen molar-refractivity contribution in [2.24, 2.45) is 7.05 Å². The predicted octanol–water partition coefficient (Wildman–Crippen LogP) is 4.03. The SMILES string of the molecule is CN/C=C(\C(=N)F)c1[nH]c2ncc3c4c2c1-c1ccc(cc1)OCC(C)OC1CCC(C1)n4c(=O)n3C.CNC(C)=O. The Balaban J connectivity index is 0.000000652. The number of carbonyl (C=O) groups excluding carboxylic acids is 1. The number of aryl methyl sites for hydroxylation is 1. The zero-order chi connectivity index (χ0) is 30.1. The van der Waals surface area contributed by atoms with E-state index < -0.39 is 5.97 Å². The van der Waals surface area contributed by atoms with Gasteiger partial charge in [0.2, 0.25) is 11.9 Å². The fourth-order valence-electron chi connectivity index (χ4n) is 5.77. The Morgan fingerprint density at radius 3 is 2.60 bits per heavy atom. The van der Waals surface area contributed by atoms with E-state index in [1.165, 1.54) is 13.1 Å². The second-order valence-corrected chi connectivity index (χ2v) is 10.6. The summed E-state index contributed by atoms with van der Waals surface area (Å²) in [5, 5.41) is 13.8. The maximum Gasteiger partial charge on any atom is 0.329 e. The Hall–Kier alpha value is -4.45. The van der Waals surface area contributed by atoms with Gasteiger partial charge in [-0.3, -0.25) is 19.3 Å². The van der Waals surface area contributed by atoms with E-state index in [0.29, 0.717) is 41.2 Å². The van der Waals surface area contributed by atoms with Crippen molar-refractivity contribution in [3.05, 3.63) is 52.8 Å². The second-order valence-electron chi connectivity index (χ2n) is 10.6. The molecule has 5 heterocycles. The summed E-state index contributed by atoms with van der Waals surface area (Å²) < 4.78 is 30.3. The lowest BCUT2D eigenvalue weighted by atomic mass is 9.98. The van der Waals surface area contributed by atoms with Gasteiger partial charge in [-0.2, -0.15) is 4.39 Å². The van der Waals surface area contributed by atoms with Gasteiger partial charge >= 0.3 is 5.69 Å². The van der Waals surface area contributed by atoms with Gasteiger partial charge in [0.15, 0.2) is 0 Å². The van der Waals surface area contributed by atoms with Crippen molar-refractivity contribution in [3.8, 4) is 16.9 Å². The third kappa shape index (κ3) is 5.29. The normalized spacial score (nSPS) is 20.0. The van der Waals surface area contributed by atoms with Crippen molar-refractivity contribution in [3.63, 3.8) is 0 Å². The summed E-state index contributed by atoms with van der Waals surface area (Å²) in [6.07, 6.45) is 5.42. The van der Waals surface area contributed by atoms with Gasteiger partial charge in [-0.05, 0) is 43.9 Å². The van der Waals surface area contributed by atoms with Crippen molar-refractivity contribution < 1.29 is 18.7 Å². The number of ether oxygens (including phenoxy) is 2. The average Bonchev–Trinajstić information content (AvgIpc) is 3.65. The number of H-pyrrole nitrogens is 1. The number of rotatable bonds is 3. The van der Waals surface area contributed by atoms with Crippen LogP contribution in [0.25, 0.3) is 38.8 Å². The largest absolute Gasteiger partial charge is 0.491 e. The fraction of sp³-hybridized carbons (Fsp3) is 0.400. The highest BCUT2D eigenvalue weighted by molar-refractivity contribution is 6.23. The van der Waals surface area contributed by atoms with Crippen LogP contribution in [0.15, 0.2) is 41.5 Å². The number of aromatic nitrogens is 4. The number of aromatic amines is 1. The van der Waals surface area contributed by atoms with Gasteiger partial charge in [0, 0.05) is 45.9 Å². The molecule has 4 bridgehead atoms. The van der Waals surface area contributed by atoms with Gasteiger partial charge in [0.05, 0.1) is 46.1 Å². The number of fused-ring (bicyclic) bond motifs is 5. The van der Waals surface area contributed by atoms with Crippen LogP contribution in [0.3, 0.4) is 0 Å². The van der Waals surface area contributed by atoms with Crippen molar-refractivity contribution in [1.29, 1.82) is 5.41 Å². The molecule has 3 aliphatic rings. The van der Waals surface area contributed by atoms with Gasteiger partial charge < -0.3 is 25.1 Å². The first-order valence-electron chi connectivity index (χ1n) is 13.9. The number of allylic oxidation sites excluding steroid dienone is 1. The Bertz CT molecular complexity index is 1730. The number of benzene rings is 1. The molecule has 0 radical (unpaired) electrons. The molecule has 4 aromatic rings. The number of hydrogen-bond acceptors (Lipinski definition) is 7. The molecule has 1 saturated carbocycles. The number of amides is 1. The van der Waals surface area contributed by atoms with Crippen LogP contribution in [-0.4, -0.2) is 63.9 Å². The summed E-state index contributed by atoms with van der Waals surface area (Å²) in [6, 6.07) is 7.49. The van der Waals surface area contributed by atoms with Crippen LogP contribution in [0, 0.1) is 5.41 Å². The van der Waals surface area contributed by atoms with Gasteiger partial charge in [0.1, 0.15) is 18.0 Å². The van der Waals surface area contributed by atoms with Crippen LogP contribution in [0.5, 0.6) is 5.75 Å². The highest BCUT2D eigenvalue weighted by Gasteiger charge is 2.33. The van der Waals surface area contributed by atoms with Crippen LogP contribution in [0.1, 0.15) is 44.8 Å².